The zero-order valence-electron chi connectivity index (χ0n) is 17.4. The van der Waals surface area contributed by atoms with E-state index in [1.54, 1.807) is 6.92 Å². The zero-order chi connectivity index (χ0) is 20.9. The summed E-state index contributed by atoms with van der Waals surface area (Å²) in [5.41, 5.74) is 1.46. The number of rotatable bonds is 8. The number of carbonyl (C=O) groups excluding carboxylic acids is 3. The predicted octanol–water partition coefficient (Wildman–Crippen LogP) is 2.30. The highest BCUT2D eigenvalue weighted by molar-refractivity contribution is 6.06. The summed E-state index contributed by atoms with van der Waals surface area (Å²) in [5, 5.41) is 7.77. The van der Waals surface area contributed by atoms with Gasteiger partial charge in [-0.2, -0.15) is 0 Å². The lowest BCUT2D eigenvalue weighted by molar-refractivity contribution is -0.124. The van der Waals surface area contributed by atoms with Gasteiger partial charge in [0, 0.05) is 19.5 Å². The van der Waals surface area contributed by atoms with Gasteiger partial charge in [0.05, 0.1) is 0 Å². The third kappa shape index (κ3) is 6.03. The Hall–Kier alpha value is -2.41. The van der Waals surface area contributed by atoms with Gasteiger partial charge in [0.25, 0.3) is 5.91 Å². The van der Waals surface area contributed by atoms with Crippen molar-refractivity contribution in [3.05, 3.63) is 35.4 Å². The Morgan fingerprint density at radius 3 is 2.45 bits per heavy atom. The van der Waals surface area contributed by atoms with Gasteiger partial charge in [0.2, 0.25) is 5.91 Å². The van der Waals surface area contributed by atoms with Crippen LogP contribution in [0.25, 0.3) is 0 Å². The second kappa shape index (κ2) is 9.39. The number of nitrogens with one attached hydrogen (secondary N) is 3. The molecule has 1 aromatic rings. The smallest absolute Gasteiger partial charge is 0.322 e. The Balaban J connectivity index is 1.35. The van der Waals surface area contributed by atoms with Crippen molar-refractivity contribution in [2.45, 2.75) is 64.6 Å². The van der Waals surface area contributed by atoms with E-state index in [0.29, 0.717) is 25.8 Å². The number of carbonyl (C=O) groups is 3. The molecule has 3 rings (SSSR count). The molecule has 1 aromatic carbocycles. The van der Waals surface area contributed by atoms with Crippen molar-refractivity contribution in [2.24, 2.45) is 5.92 Å². The molecule has 0 bridgehead atoms. The van der Waals surface area contributed by atoms with Crippen molar-refractivity contribution >= 4 is 17.8 Å². The third-order valence-electron chi connectivity index (χ3n) is 5.99. The first-order valence-corrected chi connectivity index (χ1v) is 10.5. The largest absolute Gasteiger partial charge is 0.352 e. The number of hydrogen-bond donors (Lipinski definition) is 3. The molecule has 7 nitrogen and oxygen atoms in total. The molecule has 7 heteroatoms. The summed E-state index contributed by atoms with van der Waals surface area (Å²) in [6, 6.07) is 7.95. The average molecular weight is 401 g/mol. The quantitative estimate of drug-likeness (QED) is 0.584. The van der Waals surface area contributed by atoms with Crippen molar-refractivity contribution in [2.75, 3.05) is 13.1 Å². The molecule has 0 unspecified atom stereocenters. The normalized spacial score (nSPS) is 23.0. The van der Waals surface area contributed by atoms with Gasteiger partial charge in [-0.15, -0.1) is 0 Å². The number of urea groups is 1. The molecule has 2 aliphatic heterocycles. The maximum absolute atomic E-state index is 12.1. The number of hydrogen-bond acceptors (Lipinski definition) is 4. The van der Waals surface area contributed by atoms with E-state index in [-0.39, 0.29) is 11.8 Å². The lowest BCUT2D eigenvalue weighted by Gasteiger charge is -2.30. The Kier molecular flexibility index (Phi) is 6.90. The van der Waals surface area contributed by atoms with E-state index >= 15 is 0 Å². The fourth-order valence-corrected chi connectivity index (χ4v) is 3.89. The van der Waals surface area contributed by atoms with E-state index in [1.165, 1.54) is 31.5 Å². The number of amides is 4. The van der Waals surface area contributed by atoms with Gasteiger partial charge in [-0.25, -0.2) is 4.79 Å². The molecule has 158 valence electrons. The molecule has 1 atom stereocenters. The summed E-state index contributed by atoms with van der Waals surface area (Å²) in [6.45, 7) is 7.82. The fourth-order valence-electron chi connectivity index (χ4n) is 3.89. The van der Waals surface area contributed by atoms with Crippen LogP contribution >= 0.6 is 0 Å². The molecule has 2 aliphatic rings. The molecule has 4 amide bonds. The highest BCUT2D eigenvalue weighted by atomic mass is 16.2. The lowest BCUT2D eigenvalue weighted by atomic mass is 9.95. The standard InChI is InChI=1S/C22H32N4O3/c1-16-9-12-26(13-10-16)15-18-7-5-17(6-8-18)14-23-19(27)4-3-11-22(2)20(28)24-21(29)25-22/h5-8,16H,3-4,9-15H2,1-2H3,(H,23,27)(H2,24,25,28,29)/t22-/m1/s1. The van der Waals surface area contributed by atoms with E-state index in [9.17, 15) is 14.4 Å². The molecule has 3 N–H and O–H groups in total. The maximum Gasteiger partial charge on any atom is 0.322 e. The zero-order valence-corrected chi connectivity index (χ0v) is 17.4. The van der Waals surface area contributed by atoms with Crippen molar-refractivity contribution in [3.8, 4) is 0 Å². The molecule has 2 heterocycles. The van der Waals surface area contributed by atoms with Crippen LogP contribution in [0.4, 0.5) is 4.79 Å². The van der Waals surface area contributed by atoms with Crippen molar-refractivity contribution in [1.29, 1.82) is 0 Å². The fraction of sp³-hybridized carbons (Fsp3) is 0.591. The Bertz CT molecular complexity index is 741. The van der Waals surface area contributed by atoms with Gasteiger partial charge >= 0.3 is 6.03 Å². The summed E-state index contributed by atoms with van der Waals surface area (Å²) in [6.07, 6.45) is 3.84. The van der Waals surface area contributed by atoms with Gasteiger partial charge in [-0.05, 0) is 62.7 Å². The van der Waals surface area contributed by atoms with Crippen molar-refractivity contribution < 1.29 is 14.4 Å². The van der Waals surface area contributed by atoms with E-state index < -0.39 is 11.6 Å². The monoisotopic (exact) mass is 400 g/mol. The number of likely N-dealkylation sites (tertiary alicyclic amines) is 1. The van der Waals surface area contributed by atoms with Crippen LogP contribution in [0, 0.1) is 5.92 Å². The molecule has 0 saturated carbocycles. The number of benzene rings is 1. The summed E-state index contributed by atoms with van der Waals surface area (Å²) in [4.78, 5) is 37.6. The molecule has 0 radical (unpaired) electrons. The highest BCUT2D eigenvalue weighted by Crippen LogP contribution is 2.19. The van der Waals surface area contributed by atoms with Crippen molar-refractivity contribution in [1.82, 2.24) is 20.9 Å². The van der Waals surface area contributed by atoms with Crippen LogP contribution in [-0.4, -0.2) is 41.4 Å². The molecule has 29 heavy (non-hydrogen) atoms. The number of imide groups is 1. The SMILES string of the molecule is CC1CCN(Cc2ccc(CNC(=O)CCC[C@@]3(C)NC(=O)NC3=O)cc2)CC1. The Morgan fingerprint density at radius 2 is 1.83 bits per heavy atom. The van der Waals surface area contributed by atoms with Crippen molar-refractivity contribution in [3.63, 3.8) is 0 Å². The Labute approximate surface area is 172 Å². The van der Waals surface area contributed by atoms with Crippen LogP contribution in [0.5, 0.6) is 0 Å². The lowest BCUT2D eigenvalue weighted by Crippen LogP contribution is -2.43. The summed E-state index contributed by atoms with van der Waals surface area (Å²) >= 11 is 0. The van der Waals surface area contributed by atoms with Crippen LogP contribution in [0.15, 0.2) is 24.3 Å². The first-order valence-electron chi connectivity index (χ1n) is 10.5. The number of piperidine rings is 1. The second-order valence-electron chi connectivity index (χ2n) is 8.65. The molecule has 2 saturated heterocycles. The summed E-state index contributed by atoms with van der Waals surface area (Å²) in [5.74, 6) is 0.459. The first-order chi connectivity index (χ1) is 13.8. The van der Waals surface area contributed by atoms with Crippen LogP contribution in [0.2, 0.25) is 0 Å². The topological polar surface area (TPSA) is 90.5 Å². The van der Waals surface area contributed by atoms with E-state index in [1.807, 2.05) is 0 Å². The molecule has 0 aromatic heterocycles. The molecule has 2 fully saturated rings. The van der Waals surface area contributed by atoms with E-state index in [4.69, 9.17) is 0 Å². The van der Waals surface area contributed by atoms with Crippen LogP contribution < -0.4 is 16.0 Å². The van der Waals surface area contributed by atoms with E-state index in [2.05, 4.69) is 52.0 Å². The van der Waals surface area contributed by atoms with Crippen LogP contribution in [0.3, 0.4) is 0 Å². The minimum absolute atomic E-state index is 0.0511. The third-order valence-corrected chi connectivity index (χ3v) is 5.99. The van der Waals surface area contributed by atoms with Gasteiger partial charge < -0.3 is 10.6 Å². The second-order valence-corrected chi connectivity index (χ2v) is 8.65. The minimum atomic E-state index is -0.917. The highest BCUT2D eigenvalue weighted by Gasteiger charge is 2.41. The van der Waals surface area contributed by atoms with Crippen LogP contribution in [0.1, 0.15) is 57.1 Å². The number of nitrogens with zero attached hydrogens (tertiary/aromatic N) is 1. The first kappa shape index (κ1) is 21.3. The van der Waals surface area contributed by atoms with Crippen LogP contribution in [-0.2, 0) is 22.7 Å². The minimum Gasteiger partial charge on any atom is -0.352 e. The molecule has 0 spiro atoms. The van der Waals surface area contributed by atoms with Gasteiger partial charge in [-0.3, -0.25) is 19.8 Å². The summed E-state index contributed by atoms with van der Waals surface area (Å²) in [7, 11) is 0. The maximum atomic E-state index is 12.1. The van der Waals surface area contributed by atoms with Gasteiger partial charge in [0.15, 0.2) is 0 Å². The predicted molar refractivity (Wildman–Crippen MR) is 111 cm³/mol. The average Bonchev–Trinajstić information content (AvgIpc) is 2.94. The summed E-state index contributed by atoms with van der Waals surface area (Å²) < 4.78 is 0. The van der Waals surface area contributed by atoms with Gasteiger partial charge in [-0.1, -0.05) is 31.2 Å². The Morgan fingerprint density at radius 1 is 1.17 bits per heavy atom. The molecule has 0 aliphatic carbocycles. The van der Waals surface area contributed by atoms with Gasteiger partial charge in [0.1, 0.15) is 5.54 Å². The molecular weight excluding hydrogens is 368 g/mol. The molecular formula is C22H32N4O3. The van der Waals surface area contributed by atoms with E-state index in [0.717, 1.165) is 18.0 Å².